The maximum Gasteiger partial charge on any atom is 0.264 e. The fourth-order valence-corrected chi connectivity index (χ4v) is 4.87. The van der Waals surface area contributed by atoms with Crippen LogP contribution in [0.5, 0.6) is 0 Å². The molecule has 0 saturated carbocycles. The maximum atomic E-state index is 13.3. The molecular weight excluding hydrogens is 474 g/mol. The molecule has 0 unspecified atom stereocenters. The molecule has 1 saturated heterocycles. The first-order valence-electron chi connectivity index (χ1n) is 12.7. The summed E-state index contributed by atoms with van der Waals surface area (Å²) in [5.74, 6) is -0.422. The van der Waals surface area contributed by atoms with Gasteiger partial charge in [0.25, 0.3) is 5.91 Å². The molecule has 4 aromatic rings. The predicted molar refractivity (Wildman–Crippen MR) is 151 cm³/mol. The molecule has 2 heterocycles. The Balaban J connectivity index is 1.33. The monoisotopic (exact) mass is 503 g/mol. The van der Waals surface area contributed by atoms with Crippen LogP contribution in [-0.4, -0.2) is 47.5 Å². The van der Waals surface area contributed by atoms with Crippen LogP contribution >= 0.6 is 0 Å². The van der Waals surface area contributed by atoms with E-state index in [4.69, 9.17) is 0 Å². The van der Waals surface area contributed by atoms with E-state index in [2.05, 4.69) is 28.4 Å². The minimum Gasteiger partial charge on any atom is -0.368 e. The molecule has 190 valence electrons. The van der Waals surface area contributed by atoms with Crippen LogP contribution in [0, 0.1) is 18.3 Å². The number of aromatic nitrogens is 1. The molecule has 5 rings (SSSR count). The van der Waals surface area contributed by atoms with E-state index in [1.165, 1.54) is 0 Å². The van der Waals surface area contributed by atoms with Crippen molar-refractivity contribution >= 4 is 40.2 Å². The minimum absolute atomic E-state index is 0.0882. The zero-order valence-electron chi connectivity index (χ0n) is 21.3. The lowest BCUT2D eigenvalue weighted by Crippen LogP contribution is -2.49. The van der Waals surface area contributed by atoms with Gasteiger partial charge in [-0.2, -0.15) is 5.26 Å². The van der Waals surface area contributed by atoms with Gasteiger partial charge in [0, 0.05) is 60.2 Å². The highest BCUT2D eigenvalue weighted by atomic mass is 16.2. The zero-order chi connectivity index (χ0) is 26.5. The van der Waals surface area contributed by atoms with Crippen LogP contribution in [0.25, 0.3) is 17.0 Å². The van der Waals surface area contributed by atoms with Gasteiger partial charge < -0.3 is 19.7 Å². The number of benzene rings is 3. The molecule has 2 amide bonds. The van der Waals surface area contributed by atoms with Gasteiger partial charge in [-0.25, -0.2) is 0 Å². The molecule has 0 bridgehead atoms. The van der Waals surface area contributed by atoms with Crippen LogP contribution in [0.1, 0.15) is 11.1 Å². The summed E-state index contributed by atoms with van der Waals surface area (Å²) in [7, 11) is 0. The smallest absolute Gasteiger partial charge is 0.264 e. The third-order valence-corrected chi connectivity index (χ3v) is 6.77. The van der Waals surface area contributed by atoms with Crippen LogP contribution in [0.2, 0.25) is 0 Å². The number of fused-ring (bicyclic) bond motifs is 1. The molecule has 1 fully saturated rings. The number of rotatable bonds is 6. The highest BCUT2D eigenvalue weighted by Gasteiger charge is 2.24. The molecule has 0 radical (unpaired) electrons. The number of nitrogens with zero attached hydrogens (tertiary/aromatic N) is 4. The Morgan fingerprint density at radius 3 is 2.42 bits per heavy atom. The van der Waals surface area contributed by atoms with Crippen molar-refractivity contribution in [1.29, 1.82) is 5.26 Å². The molecule has 0 spiro atoms. The number of carbonyl (C=O) groups excluding carboxylic acids is 2. The second kappa shape index (κ2) is 11.1. The number of nitrogens with one attached hydrogen (secondary N) is 1. The molecule has 7 nitrogen and oxygen atoms in total. The van der Waals surface area contributed by atoms with E-state index in [-0.39, 0.29) is 23.9 Å². The van der Waals surface area contributed by atoms with Crippen molar-refractivity contribution in [1.82, 2.24) is 9.47 Å². The maximum absolute atomic E-state index is 13.3. The standard InChI is InChI=1S/C31H29N5O2/c1-23-8-7-9-26(18-23)33-30(37)22-36-21-25(28-12-5-6-13-29(28)36)19-24(20-32)31(38)35-16-14-34(15-17-35)27-10-3-2-4-11-27/h2-13,18-19,21H,14-17,22H2,1H3,(H,33,37)/b24-19-. The van der Waals surface area contributed by atoms with E-state index in [0.29, 0.717) is 26.2 Å². The van der Waals surface area contributed by atoms with Gasteiger partial charge in [-0.15, -0.1) is 0 Å². The van der Waals surface area contributed by atoms with Crippen molar-refractivity contribution in [2.75, 3.05) is 36.4 Å². The van der Waals surface area contributed by atoms with Gasteiger partial charge in [0.05, 0.1) is 0 Å². The summed E-state index contributed by atoms with van der Waals surface area (Å²) in [6, 6.07) is 27.6. The predicted octanol–water partition coefficient (Wildman–Crippen LogP) is 4.84. The summed E-state index contributed by atoms with van der Waals surface area (Å²) >= 11 is 0. The normalized spacial score (nSPS) is 13.8. The van der Waals surface area contributed by atoms with Gasteiger partial charge in [-0.3, -0.25) is 9.59 Å². The van der Waals surface area contributed by atoms with E-state index in [0.717, 1.165) is 33.4 Å². The quantitative estimate of drug-likeness (QED) is 0.301. The Kier molecular flexibility index (Phi) is 7.23. The Hall–Kier alpha value is -4.83. The summed E-state index contributed by atoms with van der Waals surface area (Å²) in [6.45, 7) is 4.61. The number of amides is 2. The highest BCUT2D eigenvalue weighted by Crippen LogP contribution is 2.25. The summed E-state index contributed by atoms with van der Waals surface area (Å²) in [5, 5.41) is 13.7. The van der Waals surface area contributed by atoms with E-state index in [1.54, 1.807) is 11.0 Å². The van der Waals surface area contributed by atoms with Crippen LogP contribution in [0.3, 0.4) is 0 Å². The van der Waals surface area contributed by atoms with Gasteiger partial charge in [0.2, 0.25) is 5.91 Å². The van der Waals surface area contributed by atoms with E-state index >= 15 is 0 Å². The zero-order valence-corrected chi connectivity index (χ0v) is 21.3. The lowest BCUT2D eigenvalue weighted by atomic mass is 10.1. The third kappa shape index (κ3) is 5.45. The van der Waals surface area contributed by atoms with Crippen molar-refractivity contribution in [3.05, 3.63) is 102 Å². The third-order valence-electron chi connectivity index (χ3n) is 6.77. The lowest BCUT2D eigenvalue weighted by molar-refractivity contribution is -0.127. The molecule has 1 N–H and O–H groups in total. The van der Waals surface area contributed by atoms with E-state index in [1.807, 2.05) is 84.4 Å². The average molecular weight is 504 g/mol. The lowest BCUT2D eigenvalue weighted by Gasteiger charge is -2.36. The molecular formula is C31H29N5O2. The van der Waals surface area contributed by atoms with Crippen LogP contribution in [0.4, 0.5) is 11.4 Å². The number of hydrogen-bond donors (Lipinski definition) is 1. The molecule has 1 aliphatic rings. The van der Waals surface area contributed by atoms with Gasteiger partial charge in [-0.1, -0.05) is 48.5 Å². The molecule has 1 aromatic heterocycles. The molecule has 0 aliphatic carbocycles. The number of anilines is 2. The van der Waals surface area contributed by atoms with Crippen LogP contribution in [0.15, 0.2) is 90.6 Å². The van der Waals surface area contributed by atoms with Crippen LogP contribution in [-0.2, 0) is 16.1 Å². The first kappa shape index (κ1) is 24.8. The second-order valence-corrected chi connectivity index (χ2v) is 9.43. The SMILES string of the molecule is Cc1cccc(NC(=O)Cn2cc(/C=C(/C#N)C(=O)N3CCN(c4ccccc4)CC3)c3ccccc32)c1. The number of piperazine rings is 1. The van der Waals surface area contributed by atoms with Gasteiger partial charge in [0.15, 0.2) is 0 Å². The van der Waals surface area contributed by atoms with E-state index < -0.39 is 0 Å². The molecule has 3 aromatic carbocycles. The fraction of sp³-hybridized carbons (Fsp3) is 0.194. The van der Waals surface area contributed by atoms with Crippen molar-refractivity contribution in [2.24, 2.45) is 0 Å². The topological polar surface area (TPSA) is 81.4 Å². The first-order valence-corrected chi connectivity index (χ1v) is 12.7. The molecule has 1 aliphatic heterocycles. The van der Waals surface area contributed by atoms with Crippen molar-refractivity contribution < 1.29 is 9.59 Å². The Labute approximate surface area is 222 Å². The summed E-state index contributed by atoms with van der Waals surface area (Å²) in [6.07, 6.45) is 3.47. The number of hydrogen-bond acceptors (Lipinski definition) is 4. The Bertz CT molecular complexity index is 1540. The molecule has 0 atom stereocenters. The largest absolute Gasteiger partial charge is 0.368 e. The van der Waals surface area contributed by atoms with Crippen molar-refractivity contribution in [3.63, 3.8) is 0 Å². The Morgan fingerprint density at radius 1 is 0.947 bits per heavy atom. The Morgan fingerprint density at radius 2 is 1.68 bits per heavy atom. The minimum atomic E-state index is -0.269. The summed E-state index contributed by atoms with van der Waals surface area (Å²) in [5.41, 5.74) is 4.63. The summed E-state index contributed by atoms with van der Waals surface area (Å²) in [4.78, 5) is 30.1. The number of nitriles is 1. The number of carbonyl (C=O) groups is 2. The fourth-order valence-electron chi connectivity index (χ4n) is 4.87. The summed E-state index contributed by atoms with van der Waals surface area (Å²) < 4.78 is 1.85. The van der Waals surface area contributed by atoms with Crippen LogP contribution < -0.4 is 10.2 Å². The average Bonchev–Trinajstić information content (AvgIpc) is 3.28. The van der Waals surface area contributed by atoms with Gasteiger partial charge >= 0.3 is 0 Å². The number of para-hydroxylation sites is 2. The highest BCUT2D eigenvalue weighted by molar-refractivity contribution is 6.04. The second-order valence-electron chi connectivity index (χ2n) is 9.43. The molecule has 7 heteroatoms. The first-order chi connectivity index (χ1) is 18.5. The van der Waals surface area contributed by atoms with Crippen molar-refractivity contribution in [3.8, 4) is 6.07 Å². The number of aryl methyl sites for hydroxylation is 1. The molecule has 38 heavy (non-hydrogen) atoms. The van der Waals surface area contributed by atoms with E-state index in [9.17, 15) is 14.9 Å². The van der Waals surface area contributed by atoms with Crippen molar-refractivity contribution in [2.45, 2.75) is 13.5 Å². The van der Waals surface area contributed by atoms with Gasteiger partial charge in [0.1, 0.15) is 18.2 Å². The van der Waals surface area contributed by atoms with Gasteiger partial charge in [-0.05, 0) is 48.9 Å².